The van der Waals surface area contributed by atoms with Crippen molar-refractivity contribution >= 4 is 5.78 Å². The van der Waals surface area contributed by atoms with Gasteiger partial charge in [0.1, 0.15) is 5.82 Å². The number of ketones is 1. The Hall–Kier alpha value is -1.22. The second-order valence-electron chi connectivity index (χ2n) is 5.49. The van der Waals surface area contributed by atoms with E-state index in [9.17, 15) is 9.18 Å². The molecule has 98 valence electrons. The first-order valence-corrected chi connectivity index (χ1v) is 6.58. The SMILES string of the molecule is Cc1cc(C(=O)CC2(N)CCCCC2)ccc1F. The van der Waals surface area contributed by atoms with E-state index in [2.05, 4.69) is 0 Å². The summed E-state index contributed by atoms with van der Waals surface area (Å²) < 4.78 is 13.2. The number of benzene rings is 1. The molecule has 2 nitrogen and oxygen atoms in total. The van der Waals surface area contributed by atoms with Gasteiger partial charge in [-0.2, -0.15) is 0 Å². The molecule has 0 atom stereocenters. The van der Waals surface area contributed by atoms with E-state index >= 15 is 0 Å². The maximum absolute atomic E-state index is 13.2. The number of Topliss-reactive ketones (excluding diaryl/α,β-unsaturated/α-hetero) is 1. The van der Waals surface area contributed by atoms with Gasteiger partial charge in [-0.25, -0.2) is 4.39 Å². The fourth-order valence-corrected chi connectivity index (χ4v) is 2.67. The third-order valence-corrected chi connectivity index (χ3v) is 3.84. The van der Waals surface area contributed by atoms with Gasteiger partial charge in [0.15, 0.2) is 5.78 Å². The summed E-state index contributed by atoms with van der Waals surface area (Å²) in [5, 5.41) is 0. The molecule has 0 bridgehead atoms. The quantitative estimate of drug-likeness (QED) is 0.835. The summed E-state index contributed by atoms with van der Waals surface area (Å²) in [7, 11) is 0. The highest BCUT2D eigenvalue weighted by Gasteiger charge is 2.30. The number of nitrogens with two attached hydrogens (primary N) is 1. The number of hydrogen-bond acceptors (Lipinski definition) is 2. The standard InChI is InChI=1S/C15H20FNO/c1-11-9-12(5-6-13(11)16)14(18)10-15(17)7-3-2-4-8-15/h5-6,9H,2-4,7-8,10,17H2,1H3. The van der Waals surface area contributed by atoms with E-state index in [1.807, 2.05) is 0 Å². The molecule has 0 heterocycles. The van der Waals surface area contributed by atoms with E-state index in [-0.39, 0.29) is 17.1 Å². The molecule has 1 fully saturated rings. The van der Waals surface area contributed by atoms with Crippen molar-refractivity contribution in [2.75, 3.05) is 0 Å². The van der Waals surface area contributed by atoms with Crippen molar-refractivity contribution in [2.24, 2.45) is 5.73 Å². The van der Waals surface area contributed by atoms with Gasteiger partial charge in [-0.3, -0.25) is 4.79 Å². The predicted octanol–water partition coefficient (Wildman–Crippen LogP) is 3.37. The molecule has 0 aromatic heterocycles. The molecule has 1 saturated carbocycles. The highest BCUT2D eigenvalue weighted by atomic mass is 19.1. The van der Waals surface area contributed by atoms with Crippen LogP contribution in [0.5, 0.6) is 0 Å². The first kappa shape index (κ1) is 13.2. The molecule has 18 heavy (non-hydrogen) atoms. The van der Waals surface area contributed by atoms with Gasteiger partial charge in [0, 0.05) is 17.5 Å². The number of hydrogen-bond donors (Lipinski definition) is 1. The number of carbonyl (C=O) groups is 1. The van der Waals surface area contributed by atoms with Crippen LogP contribution in [0, 0.1) is 12.7 Å². The molecule has 0 spiro atoms. The summed E-state index contributed by atoms with van der Waals surface area (Å²) in [6, 6.07) is 4.52. The van der Waals surface area contributed by atoms with E-state index in [1.165, 1.54) is 12.5 Å². The van der Waals surface area contributed by atoms with Crippen molar-refractivity contribution in [1.82, 2.24) is 0 Å². The highest BCUT2D eigenvalue weighted by Crippen LogP contribution is 2.29. The summed E-state index contributed by atoms with van der Waals surface area (Å²) in [5.74, 6) is -0.242. The molecule has 0 aliphatic heterocycles. The average Bonchev–Trinajstić information content (AvgIpc) is 2.33. The van der Waals surface area contributed by atoms with Crippen molar-refractivity contribution in [3.8, 4) is 0 Å². The van der Waals surface area contributed by atoms with Crippen LogP contribution >= 0.6 is 0 Å². The molecule has 0 amide bonds. The van der Waals surface area contributed by atoms with Crippen molar-refractivity contribution in [3.05, 3.63) is 35.1 Å². The second-order valence-corrected chi connectivity index (χ2v) is 5.49. The minimum Gasteiger partial charge on any atom is -0.325 e. The van der Waals surface area contributed by atoms with Crippen LogP contribution in [0.4, 0.5) is 4.39 Å². The lowest BCUT2D eigenvalue weighted by Gasteiger charge is -2.32. The Balaban J connectivity index is 2.09. The van der Waals surface area contributed by atoms with E-state index in [1.54, 1.807) is 19.1 Å². The van der Waals surface area contributed by atoms with Gasteiger partial charge < -0.3 is 5.73 Å². The molecule has 2 N–H and O–H groups in total. The van der Waals surface area contributed by atoms with Crippen LogP contribution in [-0.2, 0) is 0 Å². The summed E-state index contributed by atoms with van der Waals surface area (Å²) in [6.45, 7) is 1.67. The number of aryl methyl sites for hydroxylation is 1. The third-order valence-electron chi connectivity index (χ3n) is 3.84. The first-order chi connectivity index (χ1) is 8.50. The Labute approximate surface area is 107 Å². The van der Waals surface area contributed by atoms with Gasteiger partial charge >= 0.3 is 0 Å². The monoisotopic (exact) mass is 249 g/mol. The normalized spacial score (nSPS) is 18.6. The fourth-order valence-electron chi connectivity index (χ4n) is 2.67. The molecular weight excluding hydrogens is 229 g/mol. The van der Waals surface area contributed by atoms with Crippen molar-refractivity contribution in [1.29, 1.82) is 0 Å². The number of rotatable bonds is 3. The third kappa shape index (κ3) is 2.96. The number of halogens is 1. The summed E-state index contributed by atoms with van der Waals surface area (Å²) in [4.78, 5) is 12.2. The largest absolute Gasteiger partial charge is 0.325 e. The zero-order valence-electron chi connectivity index (χ0n) is 10.8. The summed E-state index contributed by atoms with van der Waals surface area (Å²) in [6.07, 6.45) is 5.62. The van der Waals surface area contributed by atoms with Crippen molar-refractivity contribution < 1.29 is 9.18 Å². The van der Waals surface area contributed by atoms with E-state index < -0.39 is 0 Å². The van der Waals surface area contributed by atoms with Gasteiger partial charge in [-0.15, -0.1) is 0 Å². The summed E-state index contributed by atoms with van der Waals surface area (Å²) in [5.41, 5.74) is 7.00. The van der Waals surface area contributed by atoms with Gasteiger partial charge in [0.2, 0.25) is 0 Å². The molecule has 0 unspecified atom stereocenters. The molecular formula is C15H20FNO. The average molecular weight is 249 g/mol. The molecule has 1 aliphatic carbocycles. The Morgan fingerprint density at radius 2 is 2.00 bits per heavy atom. The van der Waals surface area contributed by atoms with Crippen LogP contribution < -0.4 is 5.73 Å². The van der Waals surface area contributed by atoms with Gasteiger partial charge in [0.25, 0.3) is 0 Å². The second kappa shape index (κ2) is 5.19. The zero-order valence-corrected chi connectivity index (χ0v) is 10.8. The van der Waals surface area contributed by atoms with Crippen molar-refractivity contribution in [2.45, 2.75) is 51.0 Å². The first-order valence-electron chi connectivity index (χ1n) is 6.58. The molecule has 1 aromatic rings. The highest BCUT2D eigenvalue weighted by molar-refractivity contribution is 5.97. The summed E-state index contributed by atoms with van der Waals surface area (Å²) >= 11 is 0. The molecule has 3 heteroatoms. The van der Waals surface area contributed by atoms with E-state index in [0.717, 1.165) is 25.7 Å². The Morgan fingerprint density at radius 3 is 2.61 bits per heavy atom. The Kier molecular flexibility index (Phi) is 3.81. The van der Waals surface area contributed by atoms with Crippen LogP contribution in [0.25, 0.3) is 0 Å². The molecule has 1 aliphatic rings. The molecule has 2 rings (SSSR count). The minimum atomic E-state index is -0.350. The van der Waals surface area contributed by atoms with Gasteiger partial charge in [0.05, 0.1) is 0 Å². The van der Waals surface area contributed by atoms with Crippen LogP contribution in [0.2, 0.25) is 0 Å². The molecule has 1 aromatic carbocycles. The molecule has 0 saturated heterocycles. The van der Waals surface area contributed by atoms with Gasteiger partial charge in [-0.1, -0.05) is 19.3 Å². The van der Waals surface area contributed by atoms with Crippen molar-refractivity contribution in [3.63, 3.8) is 0 Å². The smallest absolute Gasteiger partial charge is 0.164 e. The van der Waals surface area contributed by atoms with Crippen LogP contribution in [-0.4, -0.2) is 11.3 Å². The fraction of sp³-hybridized carbons (Fsp3) is 0.533. The lowest BCUT2D eigenvalue weighted by Crippen LogP contribution is -2.43. The Bertz CT molecular complexity index is 450. The zero-order chi connectivity index (χ0) is 13.2. The van der Waals surface area contributed by atoms with E-state index in [4.69, 9.17) is 5.73 Å². The number of carbonyl (C=O) groups excluding carboxylic acids is 1. The van der Waals surface area contributed by atoms with Crippen LogP contribution in [0.1, 0.15) is 54.4 Å². The van der Waals surface area contributed by atoms with Crippen LogP contribution in [0.15, 0.2) is 18.2 Å². The lowest BCUT2D eigenvalue weighted by atomic mass is 9.78. The lowest BCUT2D eigenvalue weighted by molar-refractivity contribution is 0.0934. The van der Waals surface area contributed by atoms with E-state index in [0.29, 0.717) is 17.5 Å². The molecule has 0 radical (unpaired) electrons. The topological polar surface area (TPSA) is 43.1 Å². The maximum atomic E-state index is 13.2. The predicted molar refractivity (Wildman–Crippen MR) is 70.1 cm³/mol. The maximum Gasteiger partial charge on any atom is 0.164 e. The minimum absolute atomic E-state index is 0.0301. The van der Waals surface area contributed by atoms with Gasteiger partial charge in [-0.05, 0) is 43.5 Å². The Morgan fingerprint density at radius 1 is 1.33 bits per heavy atom. The van der Waals surface area contributed by atoms with Crippen LogP contribution in [0.3, 0.4) is 0 Å².